The predicted molar refractivity (Wildman–Crippen MR) is 54.7 cm³/mol. The molecule has 3 atom stereocenters. The number of aliphatic hydroxyl groups is 1. The zero-order chi connectivity index (χ0) is 10.4. The van der Waals surface area contributed by atoms with Gasteiger partial charge in [0.15, 0.2) is 9.84 Å². The van der Waals surface area contributed by atoms with Gasteiger partial charge in [0.25, 0.3) is 0 Å². The molecule has 14 heavy (non-hydrogen) atoms. The molecule has 2 rings (SSSR count). The average molecular weight is 218 g/mol. The van der Waals surface area contributed by atoms with E-state index in [0.29, 0.717) is 12.3 Å². The minimum absolute atomic E-state index is 0.0176. The summed E-state index contributed by atoms with van der Waals surface area (Å²) in [5, 5.41) is 10.2. The Kier molecular flexibility index (Phi) is 2.39. The molecule has 0 aromatic rings. The van der Waals surface area contributed by atoms with Crippen LogP contribution in [0, 0.1) is 11.8 Å². The topological polar surface area (TPSA) is 54.4 Å². The van der Waals surface area contributed by atoms with Crippen LogP contribution in [0.5, 0.6) is 0 Å². The standard InChI is InChI=1S/C10H18O3S/c1-2-3-8-6-10(8,11)9-4-5-14(12,13)7-9/h8-9,11H,2-7H2,1H3. The van der Waals surface area contributed by atoms with E-state index in [4.69, 9.17) is 0 Å². The van der Waals surface area contributed by atoms with Gasteiger partial charge in [0.05, 0.1) is 17.1 Å². The maximum absolute atomic E-state index is 11.3. The number of hydrogen-bond donors (Lipinski definition) is 1. The monoisotopic (exact) mass is 218 g/mol. The average Bonchev–Trinajstić information content (AvgIpc) is 2.56. The summed E-state index contributed by atoms with van der Waals surface area (Å²) in [5.41, 5.74) is -0.625. The van der Waals surface area contributed by atoms with Crippen molar-refractivity contribution in [3.63, 3.8) is 0 Å². The summed E-state index contributed by atoms with van der Waals surface area (Å²) in [4.78, 5) is 0. The molecule has 0 spiro atoms. The fourth-order valence-electron chi connectivity index (χ4n) is 2.73. The van der Waals surface area contributed by atoms with Gasteiger partial charge in [-0.3, -0.25) is 0 Å². The normalized spacial score (nSPS) is 45.3. The molecule has 4 heteroatoms. The molecule has 2 aliphatic rings. The van der Waals surface area contributed by atoms with Gasteiger partial charge in [0.2, 0.25) is 0 Å². The maximum atomic E-state index is 11.3. The molecule has 0 aromatic heterocycles. The SMILES string of the molecule is CCCC1CC1(O)C1CCS(=O)(=O)C1. The first-order valence-electron chi connectivity index (χ1n) is 5.41. The summed E-state index contributed by atoms with van der Waals surface area (Å²) in [5.74, 6) is 0.873. The van der Waals surface area contributed by atoms with E-state index in [1.807, 2.05) is 0 Å². The number of sulfone groups is 1. The van der Waals surface area contributed by atoms with Gasteiger partial charge in [-0.15, -0.1) is 0 Å². The molecule has 1 aliphatic heterocycles. The van der Waals surface area contributed by atoms with Crippen molar-refractivity contribution in [1.29, 1.82) is 0 Å². The fourth-order valence-corrected chi connectivity index (χ4v) is 4.60. The van der Waals surface area contributed by atoms with E-state index < -0.39 is 15.4 Å². The van der Waals surface area contributed by atoms with Crippen LogP contribution < -0.4 is 0 Å². The van der Waals surface area contributed by atoms with E-state index in [0.717, 1.165) is 19.3 Å². The summed E-state index contributed by atoms with van der Waals surface area (Å²) in [6, 6.07) is 0. The van der Waals surface area contributed by atoms with Crippen molar-refractivity contribution < 1.29 is 13.5 Å². The van der Waals surface area contributed by atoms with Gasteiger partial charge in [-0.2, -0.15) is 0 Å². The Hall–Kier alpha value is -0.0900. The highest BCUT2D eigenvalue weighted by atomic mass is 32.2. The highest BCUT2D eigenvalue weighted by molar-refractivity contribution is 7.91. The lowest BCUT2D eigenvalue weighted by Crippen LogP contribution is -2.25. The van der Waals surface area contributed by atoms with E-state index in [1.165, 1.54) is 0 Å². The molecule has 82 valence electrons. The number of hydrogen-bond acceptors (Lipinski definition) is 3. The van der Waals surface area contributed by atoms with E-state index in [9.17, 15) is 13.5 Å². The lowest BCUT2D eigenvalue weighted by Gasteiger charge is -2.16. The first-order chi connectivity index (χ1) is 6.48. The Morgan fingerprint density at radius 2 is 2.21 bits per heavy atom. The number of rotatable bonds is 3. The molecule has 2 fully saturated rings. The van der Waals surface area contributed by atoms with Crippen molar-refractivity contribution in [3.05, 3.63) is 0 Å². The van der Waals surface area contributed by atoms with Gasteiger partial charge in [-0.25, -0.2) is 8.42 Å². The van der Waals surface area contributed by atoms with Crippen LogP contribution in [0.25, 0.3) is 0 Å². The summed E-state index contributed by atoms with van der Waals surface area (Å²) in [7, 11) is -2.84. The van der Waals surface area contributed by atoms with E-state index in [-0.39, 0.29) is 17.4 Å². The van der Waals surface area contributed by atoms with Gasteiger partial charge in [-0.05, 0) is 25.2 Å². The minimum Gasteiger partial charge on any atom is -0.389 e. The van der Waals surface area contributed by atoms with E-state index >= 15 is 0 Å². The molecule has 0 radical (unpaired) electrons. The summed E-state index contributed by atoms with van der Waals surface area (Å²) in [6.07, 6.45) is 3.60. The Labute approximate surface area is 85.4 Å². The second kappa shape index (κ2) is 3.20. The van der Waals surface area contributed by atoms with Gasteiger partial charge in [0, 0.05) is 5.92 Å². The van der Waals surface area contributed by atoms with Crippen molar-refractivity contribution in [2.24, 2.45) is 11.8 Å². The van der Waals surface area contributed by atoms with Crippen molar-refractivity contribution in [2.75, 3.05) is 11.5 Å². The quantitative estimate of drug-likeness (QED) is 0.768. The zero-order valence-electron chi connectivity index (χ0n) is 8.57. The van der Waals surface area contributed by atoms with Crippen molar-refractivity contribution >= 4 is 9.84 Å². The van der Waals surface area contributed by atoms with Gasteiger partial charge >= 0.3 is 0 Å². The van der Waals surface area contributed by atoms with Crippen LogP contribution in [0.15, 0.2) is 0 Å². The molecule has 3 unspecified atom stereocenters. The minimum atomic E-state index is -2.84. The predicted octanol–water partition coefficient (Wildman–Crippen LogP) is 0.972. The summed E-state index contributed by atoms with van der Waals surface area (Å²) in [6.45, 7) is 2.10. The maximum Gasteiger partial charge on any atom is 0.150 e. The molecule has 1 saturated carbocycles. The van der Waals surface area contributed by atoms with Crippen LogP contribution >= 0.6 is 0 Å². The Balaban J connectivity index is 1.99. The molecule has 0 amide bonds. The van der Waals surface area contributed by atoms with Crippen LogP contribution in [0.2, 0.25) is 0 Å². The van der Waals surface area contributed by atoms with Gasteiger partial charge < -0.3 is 5.11 Å². The van der Waals surface area contributed by atoms with Crippen molar-refractivity contribution in [1.82, 2.24) is 0 Å². The van der Waals surface area contributed by atoms with E-state index in [1.54, 1.807) is 0 Å². The molecule has 0 bridgehead atoms. The largest absolute Gasteiger partial charge is 0.389 e. The third kappa shape index (κ3) is 1.70. The third-order valence-corrected chi connectivity index (χ3v) is 5.46. The second-order valence-electron chi connectivity index (χ2n) is 4.78. The molecule has 1 heterocycles. The molecular weight excluding hydrogens is 200 g/mol. The van der Waals surface area contributed by atoms with Crippen LogP contribution in [-0.4, -0.2) is 30.6 Å². The van der Waals surface area contributed by atoms with Crippen molar-refractivity contribution in [3.8, 4) is 0 Å². The molecule has 3 nitrogen and oxygen atoms in total. The van der Waals surface area contributed by atoms with Crippen molar-refractivity contribution in [2.45, 2.75) is 38.2 Å². The molecule has 1 aliphatic carbocycles. The first-order valence-corrected chi connectivity index (χ1v) is 7.23. The van der Waals surface area contributed by atoms with Crippen LogP contribution in [0.1, 0.15) is 32.6 Å². The highest BCUT2D eigenvalue weighted by Crippen LogP contribution is 2.54. The van der Waals surface area contributed by atoms with Crippen LogP contribution in [0.4, 0.5) is 0 Å². The Morgan fingerprint density at radius 1 is 1.50 bits per heavy atom. The lowest BCUT2D eigenvalue weighted by molar-refractivity contribution is 0.0748. The molecule has 0 aromatic carbocycles. The van der Waals surface area contributed by atoms with Crippen LogP contribution in [0.3, 0.4) is 0 Å². The van der Waals surface area contributed by atoms with E-state index in [2.05, 4.69) is 6.92 Å². The van der Waals surface area contributed by atoms with Gasteiger partial charge in [-0.1, -0.05) is 13.3 Å². The second-order valence-corrected chi connectivity index (χ2v) is 7.01. The van der Waals surface area contributed by atoms with Gasteiger partial charge in [0.1, 0.15) is 0 Å². The Bertz CT molecular complexity index is 322. The fraction of sp³-hybridized carbons (Fsp3) is 1.00. The lowest BCUT2D eigenvalue weighted by atomic mass is 9.96. The zero-order valence-corrected chi connectivity index (χ0v) is 9.39. The molecular formula is C10H18O3S. The molecule has 1 N–H and O–H groups in total. The summed E-state index contributed by atoms with van der Waals surface area (Å²) < 4.78 is 22.5. The highest BCUT2D eigenvalue weighted by Gasteiger charge is 2.59. The third-order valence-electron chi connectivity index (χ3n) is 3.70. The summed E-state index contributed by atoms with van der Waals surface area (Å²) >= 11 is 0. The molecule has 1 saturated heterocycles. The smallest absolute Gasteiger partial charge is 0.150 e. The first kappa shape index (κ1) is 10.4. The van der Waals surface area contributed by atoms with Crippen LogP contribution in [-0.2, 0) is 9.84 Å². The Morgan fingerprint density at radius 3 is 2.71 bits per heavy atom.